The molecular weight excluding hydrogens is 312 g/mol. The number of rotatable bonds is 4. The second kappa shape index (κ2) is 7.40. The third-order valence-corrected chi connectivity index (χ3v) is 5.09. The summed E-state index contributed by atoms with van der Waals surface area (Å²) in [5, 5.41) is 21.4. The summed E-state index contributed by atoms with van der Waals surface area (Å²) < 4.78 is 0. The van der Waals surface area contributed by atoms with Crippen LogP contribution in [-0.2, 0) is 10.2 Å². The molecule has 0 unspecified atom stereocenters. The highest BCUT2D eigenvalue weighted by atomic mass is 16.3. The van der Waals surface area contributed by atoms with E-state index in [9.17, 15) is 9.90 Å². The predicted molar refractivity (Wildman–Crippen MR) is 97.3 cm³/mol. The summed E-state index contributed by atoms with van der Waals surface area (Å²) in [4.78, 5) is 12.7. The summed E-state index contributed by atoms with van der Waals surface area (Å²) in [6, 6.07) is 16.3. The van der Waals surface area contributed by atoms with Gasteiger partial charge in [0.05, 0.1) is 11.6 Å². The highest BCUT2D eigenvalue weighted by molar-refractivity contribution is 5.91. The zero-order chi connectivity index (χ0) is 17.7. The molecule has 1 fully saturated rings. The van der Waals surface area contributed by atoms with E-state index in [4.69, 9.17) is 5.26 Å². The number of hydrogen-bond donors (Lipinski definition) is 2. The molecule has 2 N–H and O–H groups in total. The summed E-state index contributed by atoms with van der Waals surface area (Å²) in [6.45, 7) is 0. The molecule has 0 aromatic heterocycles. The lowest BCUT2D eigenvalue weighted by atomic mass is 9.67. The Hall–Kier alpha value is -2.80. The third kappa shape index (κ3) is 4.00. The lowest BCUT2D eigenvalue weighted by Crippen LogP contribution is -2.34. The maximum Gasteiger partial charge on any atom is 0.225 e. The van der Waals surface area contributed by atoms with Gasteiger partial charge in [-0.15, -0.1) is 0 Å². The van der Waals surface area contributed by atoms with Gasteiger partial charge in [0.1, 0.15) is 5.75 Å². The number of benzene rings is 2. The second-order valence-corrected chi connectivity index (χ2v) is 6.80. The molecule has 1 aliphatic rings. The summed E-state index contributed by atoms with van der Waals surface area (Å²) in [7, 11) is 0. The first-order valence-electron chi connectivity index (χ1n) is 8.71. The van der Waals surface area contributed by atoms with Gasteiger partial charge in [-0.25, -0.2) is 0 Å². The number of carbonyl (C=O) groups is 1. The maximum atomic E-state index is 12.7. The zero-order valence-electron chi connectivity index (χ0n) is 14.2. The van der Waals surface area contributed by atoms with Crippen molar-refractivity contribution in [2.45, 2.75) is 43.9 Å². The van der Waals surface area contributed by atoms with E-state index in [0.29, 0.717) is 17.7 Å². The number of aromatic hydroxyl groups is 1. The highest BCUT2D eigenvalue weighted by Crippen LogP contribution is 2.42. The van der Waals surface area contributed by atoms with Crippen LogP contribution in [-0.4, -0.2) is 11.0 Å². The van der Waals surface area contributed by atoms with Crippen molar-refractivity contribution in [2.75, 3.05) is 5.32 Å². The Labute approximate surface area is 148 Å². The van der Waals surface area contributed by atoms with Crippen LogP contribution in [0, 0.1) is 11.3 Å². The zero-order valence-corrected chi connectivity index (χ0v) is 14.2. The normalized spacial score (nSPS) is 16.0. The summed E-state index contributed by atoms with van der Waals surface area (Å²) in [5.74, 6) is 0.233. The van der Waals surface area contributed by atoms with Crippen LogP contribution in [0.3, 0.4) is 0 Å². The van der Waals surface area contributed by atoms with Gasteiger partial charge < -0.3 is 10.4 Å². The molecule has 128 valence electrons. The Balaban J connectivity index is 1.76. The maximum absolute atomic E-state index is 12.7. The predicted octanol–water partition coefficient (Wildman–Crippen LogP) is 4.49. The first-order chi connectivity index (χ1) is 12.1. The van der Waals surface area contributed by atoms with Crippen molar-refractivity contribution in [3.05, 3.63) is 59.7 Å². The standard InChI is InChI=1S/C21H22N2O2/c22-15-16-4-8-18(9-5-16)23-20(25)14-21(12-2-1-3-13-21)17-6-10-19(24)11-7-17/h4-11,24H,1-3,12-14H2,(H,23,25). The Bertz CT molecular complexity index is 767. The van der Waals surface area contributed by atoms with E-state index in [1.165, 1.54) is 6.42 Å². The first kappa shape index (κ1) is 17.0. The van der Waals surface area contributed by atoms with Gasteiger partial charge in [-0.1, -0.05) is 31.4 Å². The average Bonchev–Trinajstić information content (AvgIpc) is 2.63. The third-order valence-electron chi connectivity index (χ3n) is 5.09. The smallest absolute Gasteiger partial charge is 0.225 e. The molecule has 2 aromatic rings. The van der Waals surface area contributed by atoms with Crippen molar-refractivity contribution in [2.24, 2.45) is 0 Å². The number of amides is 1. The molecule has 0 saturated heterocycles. The van der Waals surface area contributed by atoms with Crippen LogP contribution in [0.5, 0.6) is 5.75 Å². The number of phenols is 1. The number of hydrogen-bond acceptors (Lipinski definition) is 3. The van der Waals surface area contributed by atoms with E-state index < -0.39 is 0 Å². The van der Waals surface area contributed by atoms with Gasteiger partial charge in [0.15, 0.2) is 0 Å². The molecule has 4 nitrogen and oxygen atoms in total. The second-order valence-electron chi connectivity index (χ2n) is 6.80. The minimum absolute atomic E-state index is 0.0142. The Kier molecular flexibility index (Phi) is 5.04. The van der Waals surface area contributed by atoms with E-state index in [0.717, 1.165) is 31.2 Å². The van der Waals surface area contributed by atoms with E-state index >= 15 is 0 Å². The minimum Gasteiger partial charge on any atom is -0.508 e. The van der Waals surface area contributed by atoms with E-state index in [1.807, 2.05) is 12.1 Å². The lowest BCUT2D eigenvalue weighted by molar-refractivity contribution is -0.117. The Morgan fingerprint density at radius 1 is 1.04 bits per heavy atom. The van der Waals surface area contributed by atoms with Gasteiger partial charge in [0, 0.05) is 17.5 Å². The quantitative estimate of drug-likeness (QED) is 0.865. The van der Waals surface area contributed by atoms with Crippen LogP contribution in [0.25, 0.3) is 0 Å². The lowest BCUT2D eigenvalue weighted by Gasteiger charge is -2.37. The fourth-order valence-corrected chi connectivity index (χ4v) is 3.75. The molecule has 1 amide bonds. The van der Waals surface area contributed by atoms with Crippen molar-refractivity contribution in [3.8, 4) is 11.8 Å². The molecule has 4 heteroatoms. The van der Waals surface area contributed by atoms with Crippen LogP contribution < -0.4 is 5.32 Å². The number of nitrogens with zero attached hydrogens (tertiary/aromatic N) is 1. The molecule has 1 aliphatic carbocycles. The van der Waals surface area contributed by atoms with Gasteiger partial charge in [0.2, 0.25) is 5.91 Å². The van der Waals surface area contributed by atoms with Gasteiger partial charge >= 0.3 is 0 Å². The van der Waals surface area contributed by atoms with Crippen LogP contribution in [0.1, 0.15) is 49.7 Å². The number of carbonyl (C=O) groups excluding carboxylic acids is 1. The average molecular weight is 334 g/mol. The number of nitrogens with one attached hydrogen (secondary N) is 1. The van der Waals surface area contributed by atoms with Crippen molar-refractivity contribution < 1.29 is 9.90 Å². The van der Waals surface area contributed by atoms with Crippen LogP contribution in [0.15, 0.2) is 48.5 Å². The summed E-state index contributed by atoms with van der Waals surface area (Å²) >= 11 is 0. The van der Waals surface area contributed by atoms with Crippen molar-refractivity contribution >= 4 is 11.6 Å². The molecule has 2 aromatic carbocycles. The van der Waals surface area contributed by atoms with Gasteiger partial charge in [0.25, 0.3) is 0 Å². The molecule has 1 saturated carbocycles. The SMILES string of the molecule is N#Cc1ccc(NC(=O)CC2(c3ccc(O)cc3)CCCCC2)cc1. The molecule has 0 spiro atoms. The first-order valence-corrected chi connectivity index (χ1v) is 8.71. The Morgan fingerprint density at radius 3 is 2.28 bits per heavy atom. The molecule has 3 rings (SSSR count). The number of phenolic OH excluding ortho intramolecular Hbond substituents is 1. The Morgan fingerprint density at radius 2 is 1.68 bits per heavy atom. The fourth-order valence-electron chi connectivity index (χ4n) is 3.75. The molecule has 0 bridgehead atoms. The fraction of sp³-hybridized carbons (Fsp3) is 0.333. The minimum atomic E-state index is -0.164. The van der Waals surface area contributed by atoms with Crippen LogP contribution >= 0.6 is 0 Å². The highest BCUT2D eigenvalue weighted by Gasteiger charge is 2.36. The molecule has 25 heavy (non-hydrogen) atoms. The van der Waals surface area contributed by atoms with E-state index in [-0.39, 0.29) is 17.1 Å². The van der Waals surface area contributed by atoms with Gasteiger partial charge in [-0.2, -0.15) is 5.26 Å². The monoisotopic (exact) mass is 334 g/mol. The molecule has 0 atom stereocenters. The molecule has 0 radical (unpaired) electrons. The van der Waals surface area contributed by atoms with Crippen LogP contribution in [0.2, 0.25) is 0 Å². The van der Waals surface area contributed by atoms with E-state index in [1.54, 1.807) is 36.4 Å². The summed E-state index contributed by atoms with van der Waals surface area (Å²) in [6.07, 6.45) is 5.84. The molecule has 0 aliphatic heterocycles. The number of nitriles is 1. The summed E-state index contributed by atoms with van der Waals surface area (Å²) in [5.41, 5.74) is 2.24. The number of anilines is 1. The largest absolute Gasteiger partial charge is 0.508 e. The van der Waals surface area contributed by atoms with Crippen LogP contribution in [0.4, 0.5) is 5.69 Å². The van der Waals surface area contributed by atoms with Gasteiger partial charge in [-0.3, -0.25) is 4.79 Å². The van der Waals surface area contributed by atoms with Gasteiger partial charge in [-0.05, 0) is 54.8 Å². The van der Waals surface area contributed by atoms with E-state index in [2.05, 4.69) is 11.4 Å². The topological polar surface area (TPSA) is 73.1 Å². The van der Waals surface area contributed by atoms with Crippen molar-refractivity contribution in [1.82, 2.24) is 0 Å². The van der Waals surface area contributed by atoms with Crippen molar-refractivity contribution in [1.29, 1.82) is 5.26 Å². The van der Waals surface area contributed by atoms with Crippen molar-refractivity contribution in [3.63, 3.8) is 0 Å². The molecular formula is C21H22N2O2. The molecule has 0 heterocycles.